The summed E-state index contributed by atoms with van der Waals surface area (Å²) in [5.74, 6) is -0.113. The molecule has 0 unspecified atom stereocenters. The van der Waals surface area contributed by atoms with Crippen molar-refractivity contribution in [2.45, 2.75) is 57.8 Å². The van der Waals surface area contributed by atoms with E-state index >= 15 is 0 Å². The molecule has 5 rings (SSSR count). The highest BCUT2D eigenvalue weighted by atomic mass is 16.1. The Bertz CT molecular complexity index is 1020. The van der Waals surface area contributed by atoms with E-state index in [1.165, 1.54) is 37.8 Å². The van der Waals surface area contributed by atoms with E-state index in [1.54, 1.807) is 6.20 Å². The Morgan fingerprint density at radius 2 is 1.97 bits per heavy atom. The quantitative estimate of drug-likeness (QED) is 0.742. The van der Waals surface area contributed by atoms with Crippen LogP contribution >= 0.6 is 0 Å². The summed E-state index contributed by atoms with van der Waals surface area (Å²) in [5.41, 5.74) is 3.66. The van der Waals surface area contributed by atoms with Crippen molar-refractivity contribution in [3.63, 3.8) is 0 Å². The third-order valence-corrected chi connectivity index (χ3v) is 6.25. The highest BCUT2D eigenvalue weighted by Gasteiger charge is 2.26. The van der Waals surface area contributed by atoms with Gasteiger partial charge in [-0.3, -0.25) is 19.4 Å². The van der Waals surface area contributed by atoms with Crippen molar-refractivity contribution in [3.05, 3.63) is 59.5 Å². The molecule has 1 aliphatic heterocycles. The average Bonchev–Trinajstić information content (AvgIpc) is 3.20. The minimum absolute atomic E-state index is 0.113. The Morgan fingerprint density at radius 3 is 2.86 bits per heavy atom. The predicted octanol–water partition coefficient (Wildman–Crippen LogP) is 3.51. The van der Waals surface area contributed by atoms with Crippen LogP contribution in [0.5, 0.6) is 0 Å². The van der Waals surface area contributed by atoms with Crippen LogP contribution in [0.25, 0.3) is 10.9 Å². The first-order valence-corrected chi connectivity index (χ1v) is 10.7. The van der Waals surface area contributed by atoms with Gasteiger partial charge in [0, 0.05) is 30.7 Å². The van der Waals surface area contributed by atoms with E-state index in [0.29, 0.717) is 12.1 Å². The lowest BCUT2D eigenvalue weighted by Gasteiger charge is -2.36. The van der Waals surface area contributed by atoms with Gasteiger partial charge in [0.25, 0.3) is 5.91 Å². The van der Waals surface area contributed by atoms with Gasteiger partial charge in [0.15, 0.2) is 0 Å². The summed E-state index contributed by atoms with van der Waals surface area (Å²) in [6, 6.07) is 12.6. The van der Waals surface area contributed by atoms with Crippen molar-refractivity contribution in [3.8, 4) is 0 Å². The van der Waals surface area contributed by atoms with Gasteiger partial charge in [-0.2, -0.15) is 5.10 Å². The summed E-state index contributed by atoms with van der Waals surface area (Å²) in [6.45, 7) is 3.43. The third kappa shape index (κ3) is 3.90. The molecule has 0 saturated heterocycles. The number of pyridine rings is 1. The minimum atomic E-state index is -0.113. The molecule has 150 valence electrons. The highest BCUT2D eigenvalue weighted by Crippen LogP contribution is 2.26. The molecule has 1 aromatic carbocycles. The van der Waals surface area contributed by atoms with E-state index in [1.807, 2.05) is 30.3 Å². The molecule has 3 heterocycles. The summed E-state index contributed by atoms with van der Waals surface area (Å²) in [4.78, 5) is 19.6. The van der Waals surface area contributed by atoms with Crippen molar-refractivity contribution >= 4 is 16.8 Å². The van der Waals surface area contributed by atoms with Crippen molar-refractivity contribution < 1.29 is 4.79 Å². The Hall–Kier alpha value is -2.73. The Balaban J connectivity index is 1.22. The molecule has 1 fully saturated rings. The summed E-state index contributed by atoms with van der Waals surface area (Å²) < 4.78 is 2.11. The maximum atomic E-state index is 12.6. The second-order valence-corrected chi connectivity index (χ2v) is 8.21. The first-order valence-electron chi connectivity index (χ1n) is 10.7. The van der Waals surface area contributed by atoms with Crippen LogP contribution in [0.1, 0.15) is 53.8 Å². The normalized spacial score (nSPS) is 17.9. The lowest BCUT2D eigenvalue weighted by molar-refractivity contribution is 0.0950. The van der Waals surface area contributed by atoms with Crippen LogP contribution in [-0.4, -0.2) is 38.2 Å². The summed E-state index contributed by atoms with van der Waals surface area (Å²) in [7, 11) is 0. The molecule has 0 atom stereocenters. The number of fused-ring (bicyclic) bond motifs is 2. The molecule has 1 saturated carbocycles. The van der Waals surface area contributed by atoms with Gasteiger partial charge in [0.05, 0.1) is 35.6 Å². The molecular weight excluding hydrogens is 362 g/mol. The molecule has 2 aliphatic rings. The first-order chi connectivity index (χ1) is 14.3. The van der Waals surface area contributed by atoms with Gasteiger partial charge in [-0.1, -0.05) is 37.5 Å². The molecule has 0 radical (unpaired) electrons. The predicted molar refractivity (Wildman–Crippen MR) is 112 cm³/mol. The van der Waals surface area contributed by atoms with Gasteiger partial charge in [-0.15, -0.1) is 0 Å². The number of hydrogen-bond donors (Lipinski definition) is 1. The van der Waals surface area contributed by atoms with Gasteiger partial charge in [-0.25, -0.2) is 0 Å². The number of rotatable bonds is 4. The van der Waals surface area contributed by atoms with E-state index in [2.05, 4.69) is 25.9 Å². The van der Waals surface area contributed by atoms with Crippen molar-refractivity contribution in [1.82, 2.24) is 25.0 Å². The smallest absolute Gasteiger partial charge is 0.253 e. The lowest BCUT2D eigenvalue weighted by Crippen LogP contribution is -2.42. The molecule has 1 amide bonds. The number of carbonyl (C=O) groups is 1. The van der Waals surface area contributed by atoms with Gasteiger partial charge < -0.3 is 5.32 Å². The minimum Gasteiger partial charge on any atom is -0.346 e. The third-order valence-electron chi connectivity index (χ3n) is 6.25. The topological polar surface area (TPSA) is 63.1 Å². The molecule has 6 nitrogen and oxygen atoms in total. The molecule has 1 N–H and O–H groups in total. The Kier molecular flexibility index (Phi) is 5.02. The van der Waals surface area contributed by atoms with Crippen LogP contribution in [0.4, 0.5) is 0 Å². The number of para-hydroxylation sites is 1. The lowest BCUT2D eigenvalue weighted by atomic mass is 9.94. The molecule has 3 aromatic rings. The maximum Gasteiger partial charge on any atom is 0.253 e. The van der Waals surface area contributed by atoms with Gasteiger partial charge >= 0.3 is 0 Å². The first kappa shape index (κ1) is 18.3. The number of benzene rings is 1. The SMILES string of the molecule is O=C(NCc1cc2n(n1)CCN(C1CCCCC1)C2)c1cnc2ccccc2c1. The van der Waals surface area contributed by atoms with E-state index < -0.39 is 0 Å². The fourth-order valence-electron chi connectivity index (χ4n) is 4.66. The largest absolute Gasteiger partial charge is 0.346 e. The highest BCUT2D eigenvalue weighted by molar-refractivity contribution is 5.97. The van der Waals surface area contributed by atoms with Crippen LogP contribution in [0.15, 0.2) is 42.6 Å². The van der Waals surface area contributed by atoms with Gasteiger partial charge in [-0.05, 0) is 31.0 Å². The Labute approximate surface area is 170 Å². The van der Waals surface area contributed by atoms with Gasteiger partial charge in [0.1, 0.15) is 0 Å². The monoisotopic (exact) mass is 389 g/mol. The molecule has 0 bridgehead atoms. The fourth-order valence-corrected chi connectivity index (χ4v) is 4.66. The number of carbonyl (C=O) groups excluding carboxylic acids is 1. The number of nitrogens with zero attached hydrogens (tertiary/aromatic N) is 4. The van der Waals surface area contributed by atoms with E-state index in [9.17, 15) is 4.79 Å². The average molecular weight is 390 g/mol. The summed E-state index contributed by atoms with van der Waals surface area (Å²) in [6.07, 6.45) is 8.41. The second-order valence-electron chi connectivity index (χ2n) is 8.21. The molecule has 29 heavy (non-hydrogen) atoms. The van der Waals surface area contributed by atoms with Crippen LogP contribution in [0.3, 0.4) is 0 Å². The van der Waals surface area contributed by atoms with E-state index in [0.717, 1.165) is 42.3 Å². The zero-order valence-corrected chi connectivity index (χ0v) is 16.7. The Morgan fingerprint density at radius 1 is 1.10 bits per heavy atom. The van der Waals surface area contributed by atoms with E-state index in [-0.39, 0.29) is 5.91 Å². The second kappa shape index (κ2) is 7.95. The summed E-state index contributed by atoms with van der Waals surface area (Å²) >= 11 is 0. The maximum absolute atomic E-state index is 12.6. The molecule has 6 heteroatoms. The zero-order chi connectivity index (χ0) is 19.6. The number of hydrogen-bond acceptors (Lipinski definition) is 4. The van der Waals surface area contributed by atoms with Gasteiger partial charge in [0.2, 0.25) is 0 Å². The number of amides is 1. The van der Waals surface area contributed by atoms with Crippen LogP contribution in [0, 0.1) is 0 Å². The number of nitrogens with one attached hydrogen (secondary N) is 1. The summed E-state index contributed by atoms with van der Waals surface area (Å²) in [5, 5.41) is 8.67. The molecular formula is C23H27N5O. The molecule has 0 spiro atoms. The van der Waals surface area contributed by atoms with Crippen molar-refractivity contribution in [2.24, 2.45) is 0 Å². The van der Waals surface area contributed by atoms with E-state index in [4.69, 9.17) is 5.10 Å². The van der Waals surface area contributed by atoms with Crippen LogP contribution < -0.4 is 5.32 Å². The zero-order valence-electron chi connectivity index (χ0n) is 16.7. The van der Waals surface area contributed by atoms with Crippen LogP contribution in [0.2, 0.25) is 0 Å². The fraction of sp³-hybridized carbons (Fsp3) is 0.435. The van der Waals surface area contributed by atoms with Crippen molar-refractivity contribution in [1.29, 1.82) is 0 Å². The van der Waals surface area contributed by atoms with Crippen molar-refractivity contribution in [2.75, 3.05) is 6.54 Å². The molecule has 1 aliphatic carbocycles. The molecule has 2 aromatic heterocycles. The number of aromatic nitrogens is 3. The standard InChI is InChI=1S/C23H27N5O/c29-23(18-12-17-6-4-5-9-22(17)24-14-18)25-15-19-13-21-16-27(10-11-28(21)26-19)20-7-2-1-3-8-20/h4-6,9,12-14,20H,1-3,7-8,10-11,15-16H2,(H,25,29). The van der Waals surface area contributed by atoms with Crippen LogP contribution in [-0.2, 0) is 19.6 Å².